The van der Waals surface area contributed by atoms with Crippen LogP contribution >= 0.6 is 0 Å². The minimum absolute atomic E-state index is 0.0192. The highest BCUT2D eigenvalue weighted by atomic mass is 16.6. The van der Waals surface area contributed by atoms with Crippen molar-refractivity contribution in [3.8, 4) is 0 Å². The van der Waals surface area contributed by atoms with E-state index in [0.717, 1.165) is 5.56 Å². The number of carbonyl (C=O) groups excluding carboxylic acids is 4. The van der Waals surface area contributed by atoms with Crippen LogP contribution in [-0.2, 0) is 30.5 Å². The Hall–Kier alpha value is -4.18. The molecule has 1 aliphatic heterocycles. The molecule has 0 fully saturated rings. The largest absolute Gasteiger partial charge is 0.454 e. The average Bonchev–Trinajstić information content (AvgIpc) is 2.95. The van der Waals surface area contributed by atoms with Gasteiger partial charge < -0.3 is 30.5 Å². The van der Waals surface area contributed by atoms with E-state index in [1.165, 1.54) is 0 Å². The van der Waals surface area contributed by atoms with Crippen molar-refractivity contribution in [3.63, 3.8) is 0 Å². The van der Waals surface area contributed by atoms with Crippen LogP contribution in [-0.4, -0.2) is 54.2 Å². The first-order chi connectivity index (χ1) is 18.9. The van der Waals surface area contributed by atoms with Crippen molar-refractivity contribution in [3.05, 3.63) is 83.9 Å². The minimum atomic E-state index is -1.03. The van der Waals surface area contributed by atoms with Gasteiger partial charge in [-0.15, -0.1) is 0 Å². The Morgan fingerprint density at radius 1 is 1.05 bits per heavy atom. The molecule has 208 valence electrons. The number of nitrogens with one attached hydrogen (secondary N) is 3. The van der Waals surface area contributed by atoms with Crippen LogP contribution in [0.5, 0.6) is 0 Å². The highest BCUT2D eigenvalue weighted by Gasteiger charge is 2.28. The van der Waals surface area contributed by atoms with Gasteiger partial charge in [0.1, 0.15) is 18.8 Å². The summed E-state index contributed by atoms with van der Waals surface area (Å²) in [5.41, 5.74) is 1.47. The molecule has 0 aromatic heterocycles. The molecule has 0 spiro atoms. The van der Waals surface area contributed by atoms with Crippen LogP contribution in [0.2, 0.25) is 0 Å². The number of cyclic esters (lactones) is 1. The quantitative estimate of drug-likeness (QED) is 0.299. The molecule has 1 heterocycles. The molecule has 1 aliphatic rings. The highest BCUT2D eigenvalue weighted by molar-refractivity contribution is 5.86. The van der Waals surface area contributed by atoms with Gasteiger partial charge in [0.25, 0.3) is 0 Å². The molecule has 3 rings (SSSR count). The number of carbonyl (C=O) groups is 4. The van der Waals surface area contributed by atoms with Crippen molar-refractivity contribution in [2.24, 2.45) is 5.92 Å². The van der Waals surface area contributed by atoms with Crippen LogP contribution in [0.15, 0.2) is 72.8 Å². The van der Waals surface area contributed by atoms with Crippen LogP contribution in [0.25, 0.3) is 0 Å². The van der Waals surface area contributed by atoms with Crippen LogP contribution in [0.1, 0.15) is 43.4 Å². The predicted molar refractivity (Wildman–Crippen MR) is 143 cm³/mol. The van der Waals surface area contributed by atoms with Crippen molar-refractivity contribution in [2.75, 3.05) is 13.2 Å². The first-order valence-corrected chi connectivity index (χ1v) is 12.9. The van der Waals surface area contributed by atoms with E-state index in [2.05, 4.69) is 16.0 Å². The molecule has 4 N–H and O–H groups in total. The Morgan fingerprint density at radius 3 is 2.41 bits per heavy atom. The zero-order chi connectivity index (χ0) is 28.0. The summed E-state index contributed by atoms with van der Waals surface area (Å²) in [5.74, 6) is -2.07. The lowest BCUT2D eigenvalue weighted by Gasteiger charge is -2.24. The number of benzene rings is 2. The third kappa shape index (κ3) is 9.90. The SMILES string of the molecule is C[C@@H](CO)NC(=O)C[C@H]1CC=CC[C@@H](NC(=O)OCc2ccccc2)C(=O)O[C@H](c2ccccc2)CNC1=O. The predicted octanol–water partition coefficient (Wildman–Crippen LogP) is 2.54. The molecule has 2 aromatic carbocycles. The maximum Gasteiger partial charge on any atom is 0.408 e. The number of amides is 3. The van der Waals surface area contributed by atoms with Crippen molar-refractivity contribution in [1.82, 2.24) is 16.0 Å². The summed E-state index contributed by atoms with van der Waals surface area (Å²) >= 11 is 0. The van der Waals surface area contributed by atoms with Gasteiger partial charge >= 0.3 is 12.1 Å². The van der Waals surface area contributed by atoms with Gasteiger partial charge in [0, 0.05) is 12.5 Å². The number of alkyl carbamates (subject to hydrolysis) is 1. The lowest BCUT2D eigenvalue weighted by atomic mass is 9.98. The van der Waals surface area contributed by atoms with Gasteiger partial charge in [-0.1, -0.05) is 72.8 Å². The lowest BCUT2D eigenvalue weighted by Crippen LogP contribution is -2.44. The molecule has 0 saturated carbocycles. The first kappa shape index (κ1) is 29.4. The monoisotopic (exact) mass is 537 g/mol. The van der Waals surface area contributed by atoms with Gasteiger partial charge in [0.15, 0.2) is 0 Å². The van der Waals surface area contributed by atoms with E-state index >= 15 is 0 Å². The summed E-state index contributed by atoms with van der Waals surface area (Å²) in [4.78, 5) is 51.0. The van der Waals surface area contributed by atoms with E-state index in [1.54, 1.807) is 43.3 Å². The fourth-order valence-electron chi connectivity index (χ4n) is 3.96. The fraction of sp³-hybridized carbons (Fsp3) is 0.379. The smallest absolute Gasteiger partial charge is 0.408 e. The van der Waals surface area contributed by atoms with Crippen LogP contribution in [0.3, 0.4) is 0 Å². The van der Waals surface area contributed by atoms with Crippen molar-refractivity contribution >= 4 is 23.9 Å². The Kier molecular flexibility index (Phi) is 11.5. The molecule has 0 saturated heterocycles. The average molecular weight is 538 g/mol. The highest BCUT2D eigenvalue weighted by Crippen LogP contribution is 2.20. The van der Waals surface area contributed by atoms with E-state index in [4.69, 9.17) is 9.47 Å². The van der Waals surface area contributed by atoms with Gasteiger partial charge in [0.2, 0.25) is 11.8 Å². The van der Waals surface area contributed by atoms with Gasteiger partial charge in [-0.3, -0.25) is 9.59 Å². The lowest BCUT2D eigenvalue weighted by molar-refractivity contribution is -0.152. The van der Waals surface area contributed by atoms with Crippen molar-refractivity contribution < 1.29 is 33.8 Å². The molecular formula is C29H35N3O7. The number of ether oxygens (including phenoxy) is 2. The maximum absolute atomic E-state index is 13.1. The third-order valence-corrected chi connectivity index (χ3v) is 6.12. The van der Waals surface area contributed by atoms with Gasteiger partial charge in [-0.25, -0.2) is 9.59 Å². The van der Waals surface area contributed by atoms with E-state index in [1.807, 2.05) is 36.4 Å². The number of hydrogen-bond donors (Lipinski definition) is 4. The van der Waals surface area contributed by atoms with Gasteiger partial charge in [-0.05, 0) is 30.9 Å². The first-order valence-electron chi connectivity index (χ1n) is 12.9. The molecule has 3 amide bonds. The van der Waals surface area contributed by atoms with E-state index < -0.39 is 36.2 Å². The molecule has 0 radical (unpaired) electrons. The summed E-state index contributed by atoms with van der Waals surface area (Å²) in [6.07, 6.45) is 2.03. The second-order valence-electron chi connectivity index (χ2n) is 9.34. The molecule has 0 aliphatic carbocycles. The zero-order valence-electron chi connectivity index (χ0n) is 21.9. The van der Waals surface area contributed by atoms with Gasteiger partial charge in [-0.2, -0.15) is 0 Å². The van der Waals surface area contributed by atoms with Crippen molar-refractivity contribution in [2.45, 2.75) is 51.0 Å². The number of rotatable bonds is 8. The Bertz CT molecular complexity index is 1120. The normalized spacial score (nSPS) is 20.8. The van der Waals surface area contributed by atoms with Crippen LogP contribution in [0, 0.1) is 5.92 Å². The summed E-state index contributed by atoms with van der Waals surface area (Å²) in [6, 6.07) is 16.6. The fourth-order valence-corrected chi connectivity index (χ4v) is 3.96. The summed E-state index contributed by atoms with van der Waals surface area (Å²) in [5, 5.41) is 17.2. The Morgan fingerprint density at radius 2 is 1.72 bits per heavy atom. The number of aliphatic hydroxyl groups excluding tert-OH is 1. The topological polar surface area (TPSA) is 143 Å². The second-order valence-corrected chi connectivity index (χ2v) is 9.34. The summed E-state index contributed by atoms with van der Waals surface area (Å²) < 4.78 is 11.0. The van der Waals surface area contributed by atoms with Crippen molar-refractivity contribution in [1.29, 1.82) is 0 Å². The van der Waals surface area contributed by atoms with Crippen LogP contribution < -0.4 is 16.0 Å². The third-order valence-electron chi connectivity index (χ3n) is 6.12. The molecule has 39 heavy (non-hydrogen) atoms. The minimum Gasteiger partial charge on any atom is -0.454 e. The molecule has 4 atom stereocenters. The van der Waals surface area contributed by atoms with Gasteiger partial charge in [0.05, 0.1) is 19.1 Å². The second kappa shape index (κ2) is 15.3. The number of aliphatic hydroxyl groups is 1. The van der Waals surface area contributed by atoms with E-state index in [0.29, 0.717) is 5.56 Å². The van der Waals surface area contributed by atoms with Crippen LogP contribution in [0.4, 0.5) is 4.79 Å². The number of esters is 1. The maximum atomic E-state index is 13.1. The molecular weight excluding hydrogens is 502 g/mol. The zero-order valence-corrected chi connectivity index (χ0v) is 21.9. The van der Waals surface area contributed by atoms with E-state index in [-0.39, 0.29) is 50.8 Å². The molecule has 10 heteroatoms. The Balaban J connectivity index is 1.75. The van der Waals surface area contributed by atoms with E-state index in [9.17, 15) is 24.3 Å². The molecule has 0 unspecified atom stereocenters. The number of hydrogen-bond acceptors (Lipinski definition) is 7. The molecule has 2 aromatic rings. The standard InChI is InChI=1S/C29H35N3O7/c1-20(18-33)31-26(34)16-23-14-8-9-15-24(32-29(37)38-19-21-10-4-2-5-11-21)28(36)39-25(17-30-27(23)35)22-12-6-3-7-13-22/h2-13,20,23-25,33H,14-19H2,1H3,(H,30,35)(H,31,34)(H,32,37)/t20-,23+,24+,25-/m0/s1. The summed E-state index contributed by atoms with van der Waals surface area (Å²) in [6.45, 7) is 1.47. The molecule has 10 nitrogen and oxygen atoms in total. The Labute approximate surface area is 227 Å². The number of allylic oxidation sites excluding steroid dienone is 1. The molecule has 0 bridgehead atoms. The summed E-state index contributed by atoms with van der Waals surface area (Å²) in [7, 11) is 0.